The normalized spacial score (nSPS) is 15.1. The highest BCUT2D eigenvalue weighted by Crippen LogP contribution is 2.17. The van der Waals surface area contributed by atoms with Crippen LogP contribution in [0.4, 0.5) is 14.2 Å². The maximum atomic E-state index is 13.5. The first kappa shape index (κ1) is 17.6. The molecule has 3 aromatic rings. The number of carbonyl (C=O) groups excluding carboxylic acids is 1. The van der Waals surface area contributed by atoms with Crippen molar-refractivity contribution in [2.24, 2.45) is 0 Å². The summed E-state index contributed by atoms with van der Waals surface area (Å²) < 4.78 is 15.0. The maximum absolute atomic E-state index is 13.5. The molecule has 10 heteroatoms. The van der Waals surface area contributed by atoms with E-state index in [1.807, 2.05) is 17.5 Å². The second-order valence-corrected chi connectivity index (χ2v) is 7.11. The Hall–Kier alpha value is -2.85. The van der Waals surface area contributed by atoms with Crippen LogP contribution in [-0.4, -0.2) is 62.2 Å². The van der Waals surface area contributed by atoms with Crippen molar-refractivity contribution in [3.8, 4) is 5.69 Å². The molecule has 0 saturated carbocycles. The molecule has 8 nitrogen and oxygen atoms in total. The molecule has 27 heavy (non-hydrogen) atoms. The van der Waals surface area contributed by atoms with E-state index in [0.29, 0.717) is 44.2 Å². The summed E-state index contributed by atoms with van der Waals surface area (Å²) in [7, 11) is 0. The fourth-order valence-electron chi connectivity index (χ4n) is 2.96. The number of hydrogen-bond donors (Lipinski definition) is 1. The Morgan fingerprint density at radius 2 is 2.04 bits per heavy atom. The lowest BCUT2D eigenvalue weighted by molar-refractivity contribution is 0.140. The smallest absolute Gasteiger partial charge is 0.322 e. The van der Waals surface area contributed by atoms with Gasteiger partial charge in [-0.15, -0.1) is 16.4 Å². The molecular weight excluding hydrogens is 369 g/mol. The van der Waals surface area contributed by atoms with Crippen LogP contribution in [0.25, 0.3) is 5.69 Å². The van der Waals surface area contributed by atoms with E-state index in [-0.39, 0.29) is 11.8 Å². The van der Waals surface area contributed by atoms with E-state index in [4.69, 9.17) is 0 Å². The number of piperazine rings is 1. The number of tetrazole rings is 1. The van der Waals surface area contributed by atoms with Crippen LogP contribution in [0.5, 0.6) is 0 Å². The Balaban J connectivity index is 1.35. The Bertz CT molecular complexity index is 906. The van der Waals surface area contributed by atoms with Crippen LogP contribution in [0, 0.1) is 5.82 Å². The van der Waals surface area contributed by atoms with Crippen molar-refractivity contribution in [2.75, 3.05) is 31.5 Å². The highest BCUT2D eigenvalue weighted by Gasteiger charge is 2.23. The van der Waals surface area contributed by atoms with Crippen LogP contribution < -0.4 is 5.32 Å². The maximum Gasteiger partial charge on any atom is 0.322 e. The second kappa shape index (κ2) is 7.80. The first-order valence-electron chi connectivity index (χ1n) is 8.54. The summed E-state index contributed by atoms with van der Waals surface area (Å²) in [5.74, 6) is 0.302. The summed E-state index contributed by atoms with van der Waals surface area (Å²) in [5.41, 5.74) is 0.587. The molecule has 0 aliphatic carbocycles. The van der Waals surface area contributed by atoms with Crippen LogP contribution in [0.1, 0.15) is 5.82 Å². The van der Waals surface area contributed by atoms with Gasteiger partial charge in [0.25, 0.3) is 0 Å². The molecule has 0 spiro atoms. The van der Waals surface area contributed by atoms with Crippen LogP contribution in [0.3, 0.4) is 0 Å². The molecule has 1 N–H and O–H groups in total. The molecule has 1 saturated heterocycles. The fraction of sp³-hybridized carbons (Fsp3) is 0.294. The van der Waals surface area contributed by atoms with Crippen molar-refractivity contribution < 1.29 is 9.18 Å². The van der Waals surface area contributed by atoms with Crippen molar-refractivity contribution in [3.05, 3.63) is 53.4 Å². The van der Waals surface area contributed by atoms with E-state index in [1.54, 1.807) is 21.7 Å². The van der Waals surface area contributed by atoms with Gasteiger partial charge in [-0.25, -0.2) is 9.18 Å². The largest absolute Gasteiger partial charge is 0.322 e. The number of nitrogens with one attached hydrogen (secondary N) is 1. The van der Waals surface area contributed by atoms with E-state index in [9.17, 15) is 9.18 Å². The van der Waals surface area contributed by atoms with Gasteiger partial charge < -0.3 is 4.90 Å². The predicted octanol–water partition coefficient (Wildman–Crippen LogP) is 2.21. The third kappa shape index (κ3) is 4.12. The van der Waals surface area contributed by atoms with Crippen molar-refractivity contribution in [1.82, 2.24) is 30.0 Å². The SMILES string of the molecule is O=C(Nc1cccs1)N1CCN(Cc2nnnn2-c2cccc(F)c2)CC1. The van der Waals surface area contributed by atoms with Gasteiger partial charge in [0.2, 0.25) is 0 Å². The highest BCUT2D eigenvalue weighted by atomic mass is 32.1. The summed E-state index contributed by atoms with van der Waals surface area (Å²) in [6.07, 6.45) is 0. The van der Waals surface area contributed by atoms with Gasteiger partial charge in [0, 0.05) is 26.2 Å². The van der Waals surface area contributed by atoms with Gasteiger partial charge in [-0.1, -0.05) is 6.07 Å². The molecule has 0 bridgehead atoms. The number of rotatable bonds is 4. The monoisotopic (exact) mass is 387 g/mol. The van der Waals surface area contributed by atoms with Crippen LogP contribution in [0.2, 0.25) is 0 Å². The average Bonchev–Trinajstić information content (AvgIpc) is 3.34. The zero-order chi connectivity index (χ0) is 18.6. The van der Waals surface area contributed by atoms with E-state index in [0.717, 1.165) is 5.00 Å². The molecule has 0 radical (unpaired) electrons. The van der Waals surface area contributed by atoms with Crippen LogP contribution >= 0.6 is 11.3 Å². The molecule has 1 aromatic carbocycles. The zero-order valence-electron chi connectivity index (χ0n) is 14.5. The van der Waals surface area contributed by atoms with Gasteiger partial charge in [-0.3, -0.25) is 10.2 Å². The summed E-state index contributed by atoms with van der Waals surface area (Å²) in [4.78, 5) is 16.3. The molecule has 140 valence electrons. The van der Waals surface area contributed by atoms with Crippen molar-refractivity contribution >= 4 is 22.4 Å². The van der Waals surface area contributed by atoms with Gasteiger partial charge in [0.05, 0.1) is 17.2 Å². The molecule has 2 aromatic heterocycles. The Kier molecular flexibility index (Phi) is 5.07. The van der Waals surface area contributed by atoms with E-state index >= 15 is 0 Å². The number of halogens is 1. The molecule has 1 fully saturated rings. The number of aromatic nitrogens is 4. The topological polar surface area (TPSA) is 79.2 Å². The second-order valence-electron chi connectivity index (χ2n) is 6.16. The highest BCUT2D eigenvalue weighted by molar-refractivity contribution is 7.14. The summed E-state index contributed by atoms with van der Waals surface area (Å²) >= 11 is 1.50. The summed E-state index contributed by atoms with van der Waals surface area (Å²) in [6.45, 7) is 3.21. The molecule has 2 amide bonds. The number of carbonyl (C=O) groups is 1. The molecule has 0 unspecified atom stereocenters. The Morgan fingerprint density at radius 1 is 1.19 bits per heavy atom. The molecule has 1 aliphatic rings. The molecular formula is C17H18FN7OS. The molecule has 3 heterocycles. The lowest BCUT2D eigenvalue weighted by Gasteiger charge is -2.34. The summed E-state index contributed by atoms with van der Waals surface area (Å²) in [6, 6.07) is 9.87. The van der Waals surface area contributed by atoms with E-state index in [2.05, 4.69) is 25.7 Å². The molecule has 0 atom stereocenters. The average molecular weight is 387 g/mol. The predicted molar refractivity (Wildman–Crippen MR) is 99.3 cm³/mol. The number of thiophene rings is 1. The van der Waals surface area contributed by atoms with Crippen molar-refractivity contribution in [2.45, 2.75) is 6.54 Å². The van der Waals surface area contributed by atoms with Crippen LogP contribution in [-0.2, 0) is 6.54 Å². The van der Waals surface area contributed by atoms with Gasteiger partial charge in [0.15, 0.2) is 5.82 Å². The van der Waals surface area contributed by atoms with Gasteiger partial charge in [-0.2, -0.15) is 4.68 Å². The minimum absolute atomic E-state index is 0.0818. The first-order valence-corrected chi connectivity index (χ1v) is 9.42. The molecule has 4 rings (SSSR count). The van der Waals surface area contributed by atoms with E-state index < -0.39 is 0 Å². The third-order valence-corrected chi connectivity index (χ3v) is 5.15. The fourth-order valence-corrected chi connectivity index (χ4v) is 3.56. The van der Waals surface area contributed by atoms with Crippen LogP contribution in [0.15, 0.2) is 41.8 Å². The lowest BCUT2D eigenvalue weighted by atomic mass is 10.3. The standard InChI is InChI=1S/C17H18FN7OS/c18-13-3-1-4-14(11-13)25-15(20-21-22-25)12-23-6-8-24(9-7-23)17(26)19-16-5-2-10-27-16/h1-5,10-11H,6-9,12H2,(H,19,26). The van der Waals surface area contributed by atoms with Crippen molar-refractivity contribution in [1.29, 1.82) is 0 Å². The number of anilines is 1. The minimum atomic E-state index is -0.334. The van der Waals surface area contributed by atoms with Gasteiger partial charge in [0.1, 0.15) is 5.82 Å². The van der Waals surface area contributed by atoms with E-state index in [1.165, 1.54) is 23.5 Å². The zero-order valence-corrected chi connectivity index (χ0v) is 15.3. The third-order valence-electron chi connectivity index (χ3n) is 4.36. The minimum Gasteiger partial charge on any atom is -0.322 e. The molecule has 1 aliphatic heterocycles. The Morgan fingerprint density at radius 3 is 2.78 bits per heavy atom. The first-order chi connectivity index (χ1) is 13.2. The number of hydrogen-bond acceptors (Lipinski definition) is 6. The summed E-state index contributed by atoms with van der Waals surface area (Å²) in [5, 5.41) is 17.4. The Labute approximate surface area is 159 Å². The lowest BCUT2D eigenvalue weighted by Crippen LogP contribution is -2.49. The van der Waals surface area contributed by atoms with Gasteiger partial charge >= 0.3 is 6.03 Å². The number of nitrogens with zero attached hydrogens (tertiary/aromatic N) is 6. The number of urea groups is 1. The van der Waals surface area contributed by atoms with Gasteiger partial charge in [-0.05, 0) is 46.1 Å². The van der Waals surface area contributed by atoms with Crippen molar-refractivity contribution in [3.63, 3.8) is 0 Å². The number of amides is 2. The quantitative estimate of drug-likeness (QED) is 0.743. The number of benzene rings is 1.